The van der Waals surface area contributed by atoms with E-state index >= 15 is 0 Å². The molecule has 1 aromatic heterocycles. The maximum atomic E-state index is 12.9. The predicted octanol–water partition coefficient (Wildman–Crippen LogP) is 4.55. The molecule has 0 aliphatic carbocycles. The van der Waals surface area contributed by atoms with Crippen LogP contribution in [0, 0.1) is 0 Å². The van der Waals surface area contributed by atoms with Gasteiger partial charge in [-0.25, -0.2) is 0 Å². The van der Waals surface area contributed by atoms with Crippen LogP contribution in [0.4, 0.5) is 5.69 Å². The molecule has 0 saturated heterocycles. The first kappa shape index (κ1) is 20.4. The molecule has 6 heteroatoms. The Morgan fingerprint density at radius 3 is 2.62 bits per heavy atom. The highest BCUT2D eigenvalue weighted by atomic mass is 32.2. The molecule has 160 valence electrons. The topological polar surface area (TPSA) is 65.2 Å². The normalized spacial score (nSPS) is 14.2. The van der Waals surface area contributed by atoms with Crippen molar-refractivity contribution in [3.63, 3.8) is 0 Å². The Morgan fingerprint density at radius 1 is 1.00 bits per heavy atom. The van der Waals surface area contributed by atoms with Crippen molar-refractivity contribution in [1.82, 2.24) is 10.3 Å². The lowest BCUT2D eigenvalue weighted by molar-refractivity contribution is -0.123. The lowest BCUT2D eigenvalue weighted by Crippen LogP contribution is -2.44. The highest BCUT2D eigenvalue weighted by Gasteiger charge is 2.27. The average molecular weight is 442 g/mol. The molecule has 4 aromatic rings. The van der Waals surface area contributed by atoms with E-state index in [-0.39, 0.29) is 24.3 Å². The summed E-state index contributed by atoms with van der Waals surface area (Å²) in [5.41, 5.74) is 4.15. The number of aromatic amines is 1. The summed E-state index contributed by atoms with van der Waals surface area (Å²) in [6.45, 7) is 0.467. The molecule has 5 nitrogen and oxygen atoms in total. The summed E-state index contributed by atoms with van der Waals surface area (Å²) in [4.78, 5) is 31.4. The molecule has 1 aliphatic rings. The van der Waals surface area contributed by atoms with Crippen molar-refractivity contribution >= 4 is 40.2 Å². The first-order valence-electron chi connectivity index (χ1n) is 10.6. The van der Waals surface area contributed by atoms with Gasteiger partial charge in [0.2, 0.25) is 11.8 Å². The lowest BCUT2D eigenvalue weighted by Gasteiger charge is -2.28. The fourth-order valence-electron chi connectivity index (χ4n) is 4.22. The fourth-order valence-corrected chi connectivity index (χ4v) is 5.15. The Hall–Kier alpha value is -3.51. The highest BCUT2D eigenvalue weighted by molar-refractivity contribution is 8.00. The minimum atomic E-state index is -0.166. The van der Waals surface area contributed by atoms with Gasteiger partial charge < -0.3 is 15.2 Å². The van der Waals surface area contributed by atoms with E-state index in [1.165, 1.54) is 11.8 Å². The molecule has 0 bridgehead atoms. The first-order valence-corrected chi connectivity index (χ1v) is 11.6. The number of thioether (sulfide) groups is 1. The standard InChI is InChI=1S/C26H23N3O2S/c30-25(16-29-23-12-6-7-13-24(23)32-17-26(29)31)28-14-20(18-8-2-1-3-9-18)21-15-27-22-11-5-4-10-19(21)22/h1-13,15,20,27H,14,16-17H2,(H,28,30)/t20-/m1/s1. The van der Waals surface area contributed by atoms with Gasteiger partial charge in [0, 0.05) is 34.5 Å². The molecule has 0 unspecified atom stereocenters. The summed E-state index contributed by atoms with van der Waals surface area (Å²) in [5, 5.41) is 4.23. The van der Waals surface area contributed by atoms with Crippen LogP contribution in [0.1, 0.15) is 17.0 Å². The molecular weight excluding hydrogens is 418 g/mol. The van der Waals surface area contributed by atoms with Gasteiger partial charge in [-0.3, -0.25) is 9.59 Å². The van der Waals surface area contributed by atoms with Crippen molar-refractivity contribution < 1.29 is 9.59 Å². The van der Waals surface area contributed by atoms with Crippen LogP contribution >= 0.6 is 11.8 Å². The van der Waals surface area contributed by atoms with Crippen LogP contribution in [0.2, 0.25) is 0 Å². The molecule has 0 spiro atoms. The smallest absolute Gasteiger partial charge is 0.240 e. The van der Waals surface area contributed by atoms with Crippen LogP contribution in [-0.2, 0) is 9.59 Å². The van der Waals surface area contributed by atoms with Gasteiger partial charge >= 0.3 is 0 Å². The van der Waals surface area contributed by atoms with Crippen molar-refractivity contribution in [3.05, 3.63) is 96.2 Å². The van der Waals surface area contributed by atoms with E-state index in [0.29, 0.717) is 12.3 Å². The second kappa shape index (κ2) is 8.93. The van der Waals surface area contributed by atoms with Crippen LogP contribution in [0.25, 0.3) is 10.9 Å². The lowest BCUT2D eigenvalue weighted by atomic mass is 9.91. The number of amides is 2. The quantitative estimate of drug-likeness (QED) is 0.461. The van der Waals surface area contributed by atoms with Gasteiger partial charge in [-0.15, -0.1) is 11.8 Å². The molecule has 2 N–H and O–H groups in total. The van der Waals surface area contributed by atoms with Gasteiger partial charge in [0.05, 0.1) is 11.4 Å². The number of rotatable bonds is 6. The van der Waals surface area contributed by atoms with Crippen molar-refractivity contribution in [3.8, 4) is 0 Å². The van der Waals surface area contributed by atoms with Crippen LogP contribution in [0.5, 0.6) is 0 Å². The number of aromatic nitrogens is 1. The minimum Gasteiger partial charge on any atom is -0.361 e. The monoisotopic (exact) mass is 441 g/mol. The van der Waals surface area contributed by atoms with Crippen LogP contribution in [0.3, 0.4) is 0 Å². The molecule has 2 amide bonds. The summed E-state index contributed by atoms with van der Waals surface area (Å²) in [6.07, 6.45) is 2.02. The Kier molecular flexibility index (Phi) is 5.69. The number of fused-ring (bicyclic) bond motifs is 2. The molecule has 0 fully saturated rings. The van der Waals surface area contributed by atoms with Crippen LogP contribution < -0.4 is 10.2 Å². The average Bonchev–Trinajstić information content (AvgIpc) is 3.26. The number of carbonyl (C=O) groups is 2. The Labute approximate surface area is 190 Å². The third kappa shape index (κ3) is 4.01. The highest BCUT2D eigenvalue weighted by Crippen LogP contribution is 2.35. The third-order valence-electron chi connectivity index (χ3n) is 5.81. The number of H-pyrrole nitrogens is 1. The second-order valence-electron chi connectivity index (χ2n) is 7.79. The first-order chi connectivity index (χ1) is 15.7. The number of para-hydroxylation sites is 2. The molecule has 32 heavy (non-hydrogen) atoms. The van der Waals surface area contributed by atoms with Crippen molar-refractivity contribution in [1.29, 1.82) is 0 Å². The Balaban J connectivity index is 1.36. The molecule has 1 atom stereocenters. The number of hydrogen-bond acceptors (Lipinski definition) is 3. The summed E-state index contributed by atoms with van der Waals surface area (Å²) < 4.78 is 0. The largest absolute Gasteiger partial charge is 0.361 e. The van der Waals surface area contributed by atoms with Gasteiger partial charge in [-0.2, -0.15) is 0 Å². The zero-order valence-electron chi connectivity index (χ0n) is 17.5. The molecule has 0 saturated carbocycles. The molecular formula is C26H23N3O2S. The van der Waals surface area contributed by atoms with E-state index in [2.05, 4.69) is 34.6 Å². The minimum absolute atomic E-state index is 0.00352. The van der Waals surface area contributed by atoms with Gasteiger partial charge in [0.25, 0.3) is 0 Å². The van der Waals surface area contributed by atoms with Crippen molar-refractivity contribution in [2.75, 3.05) is 23.7 Å². The van der Waals surface area contributed by atoms with E-state index in [9.17, 15) is 9.59 Å². The maximum absolute atomic E-state index is 12.9. The summed E-state index contributed by atoms with van der Waals surface area (Å²) in [5.74, 6) is 0.142. The molecule has 2 heterocycles. The van der Waals surface area contributed by atoms with Crippen LogP contribution in [0.15, 0.2) is 90.0 Å². The van der Waals surface area contributed by atoms with Gasteiger partial charge in [0.1, 0.15) is 6.54 Å². The summed E-state index contributed by atoms with van der Waals surface area (Å²) >= 11 is 1.52. The van der Waals surface area contributed by atoms with E-state index in [1.807, 2.05) is 60.8 Å². The number of nitrogens with one attached hydrogen (secondary N) is 2. The van der Waals surface area contributed by atoms with Crippen molar-refractivity contribution in [2.45, 2.75) is 10.8 Å². The summed E-state index contributed by atoms with van der Waals surface area (Å²) in [7, 11) is 0. The number of anilines is 1. The van der Waals surface area contributed by atoms with Gasteiger partial charge in [-0.05, 0) is 29.3 Å². The number of nitrogens with zero attached hydrogens (tertiary/aromatic N) is 1. The summed E-state index contributed by atoms with van der Waals surface area (Å²) in [6, 6.07) is 26.1. The molecule has 1 aliphatic heterocycles. The number of hydrogen-bond donors (Lipinski definition) is 2. The van der Waals surface area contributed by atoms with Gasteiger partial charge in [-0.1, -0.05) is 60.7 Å². The second-order valence-corrected chi connectivity index (χ2v) is 8.81. The molecule has 5 rings (SSSR count). The Bertz CT molecular complexity index is 1270. The molecule has 3 aromatic carbocycles. The maximum Gasteiger partial charge on any atom is 0.240 e. The zero-order chi connectivity index (χ0) is 21.9. The third-order valence-corrected chi connectivity index (χ3v) is 6.86. The fraction of sp³-hybridized carbons (Fsp3) is 0.154. The molecule has 0 radical (unpaired) electrons. The van der Waals surface area contributed by atoms with Crippen LogP contribution in [-0.4, -0.2) is 35.6 Å². The van der Waals surface area contributed by atoms with E-state index in [4.69, 9.17) is 0 Å². The number of carbonyl (C=O) groups excluding carboxylic acids is 2. The van der Waals surface area contributed by atoms with E-state index in [0.717, 1.165) is 32.6 Å². The van der Waals surface area contributed by atoms with E-state index < -0.39 is 0 Å². The van der Waals surface area contributed by atoms with E-state index in [1.54, 1.807) is 4.90 Å². The Morgan fingerprint density at radius 2 is 1.75 bits per heavy atom. The number of benzene rings is 3. The predicted molar refractivity (Wildman–Crippen MR) is 129 cm³/mol. The van der Waals surface area contributed by atoms with Crippen molar-refractivity contribution in [2.24, 2.45) is 0 Å². The SMILES string of the molecule is O=C(CN1C(=O)CSc2ccccc21)NC[C@H](c1ccccc1)c1c[nH]c2ccccc12. The van der Waals surface area contributed by atoms with Gasteiger partial charge in [0.15, 0.2) is 0 Å². The zero-order valence-corrected chi connectivity index (χ0v) is 18.3.